The van der Waals surface area contributed by atoms with Gasteiger partial charge < -0.3 is 4.98 Å². The number of rotatable bonds is 3. The second-order valence-electron chi connectivity index (χ2n) is 4.90. The molecule has 7 heteroatoms. The predicted octanol–water partition coefficient (Wildman–Crippen LogP) is 3.91. The van der Waals surface area contributed by atoms with Crippen molar-refractivity contribution >= 4 is 30.1 Å². The first-order valence-corrected chi connectivity index (χ1v) is 8.44. The molecule has 2 aromatic heterocycles. The summed E-state index contributed by atoms with van der Waals surface area (Å²) in [7, 11) is -2.72. The Morgan fingerprint density at radius 2 is 2.00 bits per heavy atom. The highest BCUT2D eigenvalue weighted by atomic mass is 31.1. The Hall–Kier alpha value is -2.30. The van der Waals surface area contributed by atoms with Crippen LogP contribution < -0.4 is 9.95 Å². The van der Waals surface area contributed by atoms with E-state index in [1.54, 1.807) is 24.4 Å². The molecule has 0 fully saturated rings. The van der Waals surface area contributed by atoms with Crippen molar-refractivity contribution in [2.75, 3.05) is 0 Å². The Morgan fingerprint density at radius 1 is 1.26 bits per heavy atom. The van der Waals surface area contributed by atoms with Gasteiger partial charge in [-0.15, -0.1) is 4.89 Å². The number of H-pyrrole nitrogens is 1. The summed E-state index contributed by atoms with van der Waals surface area (Å²) in [6.07, 6.45) is 5.54. The lowest BCUT2D eigenvalue weighted by Crippen LogP contribution is -2.00. The molecule has 0 amide bonds. The van der Waals surface area contributed by atoms with Crippen molar-refractivity contribution in [1.29, 1.82) is 0 Å². The van der Waals surface area contributed by atoms with Crippen molar-refractivity contribution in [3.63, 3.8) is 0 Å². The molecule has 0 aliphatic rings. The molecule has 0 aliphatic carbocycles. The van der Waals surface area contributed by atoms with E-state index in [0.717, 1.165) is 0 Å². The topological polar surface area (TPSA) is 92.3 Å². The van der Waals surface area contributed by atoms with Crippen molar-refractivity contribution < 1.29 is 14.0 Å². The average Bonchev–Trinajstić information content (AvgIpc) is 2.54. The molecule has 0 saturated carbocycles. The van der Waals surface area contributed by atoms with Gasteiger partial charge in [-0.2, -0.15) is 0 Å². The largest absolute Gasteiger partial charge is 0.747 e. The van der Waals surface area contributed by atoms with Crippen LogP contribution in [0.15, 0.2) is 41.5 Å². The lowest BCUT2D eigenvalue weighted by Gasteiger charge is -2.02. The summed E-state index contributed by atoms with van der Waals surface area (Å²) in [6.45, 7) is 4.36. The monoisotopic (exact) mass is 333 g/mol. The number of fused-ring (bicyclic) bond motifs is 3. The fraction of sp³-hybridized carbons (Fsp3) is 0.250. The molecule has 3 rings (SSSR count). The first-order chi connectivity index (χ1) is 11.1. The van der Waals surface area contributed by atoms with E-state index < -0.39 is 8.25 Å². The molecule has 2 heterocycles. The van der Waals surface area contributed by atoms with Gasteiger partial charge in [-0.25, -0.2) is 9.51 Å². The van der Waals surface area contributed by atoms with Crippen molar-refractivity contribution in [3.05, 3.63) is 46.9 Å². The zero-order chi connectivity index (χ0) is 16.8. The van der Waals surface area contributed by atoms with Gasteiger partial charge in [0.1, 0.15) is 0 Å². The summed E-state index contributed by atoms with van der Waals surface area (Å²) in [5.41, 5.74) is 1.15. The van der Waals surface area contributed by atoms with E-state index in [4.69, 9.17) is 4.89 Å². The lowest BCUT2D eigenvalue weighted by atomic mass is 10.1. The van der Waals surface area contributed by atoms with Crippen molar-refractivity contribution in [2.24, 2.45) is 0 Å². The van der Waals surface area contributed by atoms with Crippen molar-refractivity contribution in [1.82, 2.24) is 9.97 Å². The highest BCUT2D eigenvalue weighted by molar-refractivity contribution is 7.32. The Bertz CT molecular complexity index is 890. The van der Waals surface area contributed by atoms with Crippen LogP contribution in [0, 0.1) is 0 Å². The van der Waals surface area contributed by atoms with Crippen LogP contribution in [-0.2, 0) is 4.57 Å². The molecule has 0 spiro atoms. The highest BCUT2D eigenvalue weighted by Gasteiger charge is 2.15. The Labute approximate surface area is 134 Å². The van der Waals surface area contributed by atoms with Crippen LogP contribution in [0.5, 0.6) is 5.75 Å². The van der Waals surface area contributed by atoms with Gasteiger partial charge in [-0.1, -0.05) is 32.8 Å². The molecule has 6 nitrogen and oxygen atoms in total. The van der Waals surface area contributed by atoms with Gasteiger partial charge in [0.2, 0.25) is 5.75 Å². The van der Waals surface area contributed by atoms with Crippen LogP contribution in [0.4, 0.5) is 0 Å². The summed E-state index contributed by atoms with van der Waals surface area (Å²) in [6, 6.07) is 6.44. The maximum atomic E-state index is 11.7. The summed E-state index contributed by atoms with van der Waals surface area (Å²) in [5.74, 6) is 0.203. The van der Waals surface area contributed by atoms with Crippen LogP contribution in [0.2, 0.25) is 0 Å². The van der Waals surface area contributed by atoms with E-state index in [-0.39, 0.29) is 11.2 Å². The first kappa shape index (κ1) is 17.1. The predicted molar refractivity (Wildman–Crippen MR) is 90.9 cm³/mol. The Morgan fingerprint density at radius 3 is 2.65 bits per heavy atom. The van der Waals surface area contributed by atoms with Gasteiger partial charge in [-0.05, 0) is 12.1 Å². The van der Waals surface area contributed by atoms with Crippen LogP contribution >= 0.6 is 8.25 Å². The summed E-state index contributed by atoms with van der Waals surface area (Å²) in [4.78, 5) is 27.5. The molecule has 1 aromatic carbocycles. The second-order valence-corrected chi connectivity index (χ2v) is 5.56. The SMILES string of the molecule is CCCC.O=c1cc[nH]c2c1ccc1cc(O[P+](=O)O)cnc12. The Kier molecular flexibility index (Phi) is 5.79. The molecule has 23 heavy (non-hydrogen) atoms. The maximum absolute atomic E-state index is 11.7. The van der Waals surface area contributed by atoms with Crippen molar-refractivity contribution in [2.45, 2.75) is 26.7 Å². The number of pyridine rings is 2. The molecule has 2 N–H and O–H groups in total. The summed E-state index contributed by atoms with van der Waals surface area (Å²) in [5, 5.41) is 1.26. The number of hydrogen-bond acceptors (Lipinski definition) is 4. The summed E-state index contributed by atoms with van der Waals surface area (Å²) >= 11 is 0. The van der Waals surface area contributed by atoms with Crippen LogP contribution in [0.1, 0.15) is 26.7 Å². The number of hydrogen-bond donors (Lipinski definition) is 2. The smallest absolute Gasteiger partial charge is 0.359 e. The third kappa shape index (κ3) is 4.12. The molecule has 0 saturated heterocycles. The van der Waals surface area contributed by atoms with E-state index in [2.05, 4.69) is 28.3 Å². The molecule has 3 aromatic rings. The number of aromatic nitrogens is 2. The van der Waals surface area contributed by atoms with Crippen LogP contribution in [0.25, 0.3) is 21.8 Å². The molecule has 120 valence electrons. The average molecular weight is 333 g/mol. The van der Waals surface area contributed by atoms with Crippen LogP contribution in [-0.4, -0.2) is 14.9 Å². The zero-order valence-corrected chi connectivity index (χ0v) is 13.8. The van der Waals surface area contributed by atoms with Crippen molar-refractivity contribution in [3.8, 4) is 5.75 Å². The quantitative estimate of drug-likeness (QED) is 0.560. The number of unbranched alkanes of at least 4 members (excludes halogenated alkanes) is 1. The fourth-order valence-corrected chi connectivity index (χ4v) is 2.24. The normalized spacial score (nSPS) is 11.0. The minimum Gasteiger partial charge on any atom is -0.359 e. The van der Waals surface area contributed by atoms with Crippen LogP contribution in [0.3, 0.4) is 0 Å². The van der Waals surface area contributed by atoms with Gasteiger partial charge in [0.15, 0.2) is 5.43 Å². The third-order valence-electron chi connectivity index (χ3n) is 3.24. The molecule has 1 atom stereocenters. The van der Waals surface area contributed by atoms with E-state index in [0.29, 0.717) is 21.8 Å². The fourth-order valence-electron chi connectivity index (χ4n) is 1.96. The number of benzene rings is 1. The molecular weight excluding hydrogens is 315 g/mol. The van der Waals surface area contributed by atoms with E-state index in [1.807, 2.05) is 0 Å². The molecule has 1 unspecified atom stereocenters. The number of nitrogens with zero attached hydrogens (tertiary/aromatic N) is 1. The minimum atomic E-state index is -2.72. The molecule has 0 radical (unpaired) electrons. The first-order valence-electron chi connectivity index (χ1n) is 7.31. The van der Waals surface area contributed by atoms with Gasteiger partial charge in [0.25, 0.3) is 0 Å². The van der Waals surface area contributed by atoms with Gasteiger partial charge in [0, 0.05) is 27.6 Å². The molecule has 0 aliphatic heterocycles. The lowest BCUT2D eigenvalue weighted by molar-refractivity contribution is 0.410. The maximum Gasteiger partial charge on any atom is 0.747 e. The third-order valence-corrected chi connectivity index (χ3v) is 3.61. The molecular formula is C16H18N2O4P+. The number of nitrogens with one attached hydrogen (secondary N) is 1. The van der Waals surface area contributed by atoms with E-state index in [9.17, 15) is 9.36 Å². The van der Waals surface area contributed by atoms with Gasteiger partial charge in [0.05, 0.1) is 17.2 Å². The second kappa shape index (κ2) is 7.81. The van der Waals surface area contributed by atoms with Gasteiger partial charge in [-0.3, -0.25) is 4.79 Å². The standard InChI is InChI=1S/C12H7N2O4P.C4H10/c15-10-3-4-13-12-9(10)2-1-7-5-8(18-19(16)17)6-14-11(7)12;1-3-4-2/h1-6H,(H-,13,15,16,17);3-4H2,1-2H3/p+1. The van der Waals surface area contributed by atoms with E-state index >= 15 is 0 Å². The zero-order valence-electron chi connectivity index (χ0n) is 12.9. The molecule has 0 bridgehead atoms. The van der Waals surface area contributed by atoms with Gasteiger partial charge >= 0.3 is 8.25 Å². The summed E-state index contributed by atoms with van der Waals surface area (Å²) < 4.78 is 15.3. The highest BCUT2D eigenvalue weighted by Crippen LogP contribution is 2.27. The number of aromatic amines is 1. The van der Waals surface area contributed by atoms with E-state index in [1.165, 1.54) is 25.1 Å². The minimum absolute atomic E-state index is 0.0868. The Balaban J connectivity index is 0.000000433.